The molecule has 1 aromatic rings. The molecule has 0 radical (unpaired) electrons. The summed E-state index contributed by atoms with van der Waals surface area (Å²) in [5, 5.41) is 9.02. The fraction of sp³-hybridized carbons (Fsp3) is 0.500. The van der Waals surface area contributed by atoms with Crippen LogP contribution in [0.2, 0.25) is 5.02 Å². The second-order valence-electron chi connectivity index (χ2n) is 5.38. The topological polar surface area (TPSA) is 49.8 Å². The average Bonchev–Trinajstić information content (AvgIpc) is 2.32. The minimum Gasteiger partial charge on any atom is -0.480 e. The highest BCUT2D eigenvalue weighted by Gasteiger charge is 2.42. The van der Waals surface area contributed by atoms with Gasteiger partial charge in [-0.05, 0) is 31.5 Å². The summed E-state index contributed by atoms with van der Waals surface area (Å²) >= 11 is 6.05. The number of benzene rings is 1. The molecule has 0 aromatic heterocycles. The number of rotatable bonds is 5. The lowest BCUT2D eigenvalue weighted by molar-refractivity contribution is -0.169. The molecule has 1 unspecified atom stereocenters. The fourth-order valence-electron chi connectivity index (χ4n) is 2.45. The number of hydrogen-bond donors (Lipinski definition) is 1. The zero-order valence-corrected chi connectivity index (χ0v) is 12.2. The molecule has 1 fully saturated rings. The maximum absolute atomic E-state index is 13.0. The summed E-state index contributed by atoms with van der Waals surface area (Å²) in [7, 11) is 0. The Morgan fingerprint density at radius 3 is 2.80 bits per heavy atom. The molecular formula is C14H17ClFNO3. The Bertz CT molecular complexity index is 517. The van der Waals surface area contributed by atoms with Gasteiger partial charge in [-0.15, -0.1) is 0 Å². The molecule has 1 aliphatic heterocycles. The van der Waals surface area contributed by atoms with E-state index in [1.54, 1.807) is 6.07 Å². The molecule has 1 saturated heterocycles. The lowest BCUT2D eigenvalue weighted by atomic mass is 9.92. The van der Waals surface area contributed by atoms with E-state index in [0.29, 0.717) is 18.1 Å². The van der Waals surface area contributed by atoms with E-state index in [1.807, 2.05) is 13.8 Å². The Labute approximate surface area is 122 Å². The first-order valence-corrected chi connectivity index (χ1v) is 6.73. The first-order valence-electron chi connectivity index (χ1n) is 6.35. The smallest absolute Gasteiger partial charge is 0.329 e. The van der Waals surface area contributed by atoms with Gasteiger partial charge in [-0.3, -0.25) is 4.90 Å². The van der Waals surface area contributed by atoms with Gasteiger partial charge in [-0.1, -0.05) is 17.7 Å². The third-order valence-electron chi connectivity index (χ3n) is 3.58. The van der Waals surface area contributed by atoms with Crippen LogP contribution < -0.4 is 0 Å². The molecule has 20 heavy (non-hydrogen) atoms. The molecule has 6 heteroatoms. The van der Waals surface area contributed by atoms with Crippen LogP contribution in [0.1, 0.15) is 25.5 Å². The molecule has 0 saturated carbocycles. The lowest BCUT2D eigenvalue weighted by Crippen LogP contribution is -2.62. The van der Waals surface area contributed by atoms with Gasteiger partial charge < -0.3 is 9.84 Å². The number of ether oxygens (including phenoxy) is 1. The Balaban J connectivity index is 1.96. The average molecular weight is 302 g/mol. The molecule has 0 spiro atoms. The third kappa shape index (κ3) is 3.29. The van der Waals surface area contributed by atoms with Gasteiger partial charge in [-0.2, -0.15) is 0 Å². The zero-order valence-electron chi connectivity index (χ0n) is 11.4. The van der Waals surface area contributed by atoms with Crippen molar-refractivity contribution in [3.63, 3.8) is 0 Å². The largest absolute Gasteiger partial charge is 0.480 e. The molecule has 4 nitrogen and oxygen atoms in total. The second kappa shape index (κ2) is 5.68. The number of carboxylic acids is 1. The van der Waals surface area contributed by atoms with Gasteiger partial charge in [0, 0.05) is 24.2 Å². The van der Waals surface area contributed by atoms with Crippen molar-refractivity contribution in [2.24, 2.45) is 0 Å². The van der Waals surface area contributed by atoms with Crippen LogP contribution in [0.15, 0.2) is 18.2 Å². The summed E-state index contributed by atoms with van der Waals surface area (Å²) < 4.78 is 18.4. The molecule has 0 aliphatic carbocycles. The summed E-state index contributed by atoms with van der Waals surface area (Å²) in [6.45, 7) is 4.81. The van der Waals surface area contributed by atoms with Gasteiger partial charge in [0.15, 0.2) is 0 Å². The highest BCUT2D eigenvalue weighted by atomic mass is 35.5. The summed E-state index contributed by atoms with van der Waals surface area (Å²) in [6.07, 6.45) is 0. The molecule has 1 aromatic carbocycles. The van der Waals surface area contributed by atoms with Gasteiger partial charge >= 0.3 is 5.97 Å². The fourth-order valence-corrected chi connectivity index (χ4v) is 2.78. The van der Waals surface area contributed by atoms with E-state index in [-0.39, 0.29) is 18.5 Å². The van der Waals surface area contributed by atoms with E-state index in [1.165, 1.54) is 12.1 Å². The van der Waals surface area contributed by atoms with E-state index in [2.05, 4.69) is 4.90 Å². The molecule has 2 rings (SSSR count). The summed E-state index contributed by atoms with van der Waals surface area (Å²) in [4.78, 5) is 12.6. The molecule has 0 amide bonds. The number of halogens is 2. The van der Waals surface area contributed by atoms with Crippen molar-refractivity contribution >= 4 is 17.6 Å². The van der Waals surface area contributed by atoms with Crippen molar-refractivity contribution in [3.05, 3.63) is 34.6 Å². The van der Waals surface area contributed by atoms with Crippen molar-refractivity contribution in [3.8, 4) is 0 Å². The van der Waals surface area contributed by atoms with Gasteiger partial charge in [0.1, 0.15) is 12.4 Å². The SMILES string of the molecule is CC(c1ccc(F)cc1Cl)N1CC(C)(OCC(=O)O)C1. The maximum Gasteiger partial charge on any atom is 0.329 e. The van der Waals surface area contributed by atoms with Gasteiger partial charge in [0.05, 0.1) is 5.60 Å². The first-order chi connectivity index (χ1) is 9.31. The van der Waals surface area contributed by atoms with Crippen LogP contribution in [0, 0.1) is 5.82 Å². The highest BCUT2D eigenvalue weighted by molar-refractivity contribution is 6.31. The number of aliphatic carboxylic acids is 1. The van der Waals surface area contributed by atoms with E-state index >= 15 is 0 Å². The van der Waals surface area contributed by atoms with Crippen LogP contribution in [0.3, 0.4) is 0 Å². The van der Waals surface area contributed by atoms with Gasteiger partial charge in [0.25, 0.3) is 0 Å². The quantitative estimate of drug-likeness (QED) is 0.908. The Morgan fingerprint density at radius 2 is 2.25 bits per heavy atom. The van der Waals surface area contributed by atoms with Crippen molar-refractivity contribution in [1.82, 2.24) is 4.90 Å². The predicted molar refractivity (Wildman–Crippen MR) is 73.4 cm³/mol. The van der Waals surface area contributed by atoms with Crippen molar-refractivity contribution in [2.75, 3.05) is 19.7 Å². The van der Waals surface area contributed by atoms with Crippen LogP contribution in [-0.2, 0) is 9.53 Å². The van der Waals surface area contributed by atoms with Crippen LogP contribution in [0.25, 0.3) is 0 Å². The normalized spacial score (nSPS) is 19.4. The van der Waals surface area contributed by atoms with Crippen LogP contribution in [0.4, 0.5) is 4.39 Å². The van der Waals surface area contributed by atoms with Gasteiger partial charge in [0.2, 0.25) is 0 Å². The molecule has 110 valence electrons. The number of likely N-dealkylation sites (tertiary alicyclic amines) is 1. The number of carbonyl (C=O) groups is 1. The van der Waals surface area contributed by atoms with Crippen LogP contribution in [0.5, 0.6) is 0 Å². The zero-order chi connectivity index (χ0) is 14.9. The summed E-state index contributed by atoms with van der Waals surface area (Å²) in [5.41, 5.74) is 0.410. The standard InChI is InChI=1S/C14H17ClFNO3/c1-9(11-4-3-10(16)5-12(11)15)17-7-14(2,8-17)20-6-13(18)19/h3-5,9H,6-8H2,1-2H3,(H,18,19). The molecule has 0 bridgehead atoms. The second-order valence-corrected chi connectivity index (χ2v) is 5.79. The van der Waals surface area contributed by atoms with Crippen molar-refractivity contribution in [1.29, 1.82) is 0 Å². The first kappa shape index (κ1) is 15.2. The van der Waals surface area contributed by atoms with Crippen molar-refractivity contribution in [2.45, 2.75) is 25.5 Å². The number of carboxylic acid groups (broad SMARTS) is 1. The van der Waals surface area contributed by atoms with Gasteiger partial charge in [-0.25, -0.2) is 9.18 Å². The number of hydrogen-bond acceptors (Lipinski definition) is 3. The monoisotopic (exact) mass is 301 g/mol. The van der Waals surface area contributed by atoms with E-state index in [0.717, 1.165) is 5.56 Å². The maximum atomic E-state index is 13.0. The Morgan fingerprint density at radius 1 is 1.60 bits per heavy atom. The molecule has 1 N–H and O–H groups in total. The van der Waals surface area contributed by atoms with E-state index in [9.17, 15) is 9.18 Å². The minimum atomic E-state index is -0.973. The van der Waals surface area contributed by atoms with E-state index in [4.69, 9.17) is 21.4 Å². The lowest BCUT2D eigenvalue weighted by Gasteiger charge is -2.50. The number of nitrogens with zero attached hydrogens (tertiary/aromatic N) is 1. The van der Waals surface area contributed by atoms with Crippen molar-refractivity contribution < 1.29 is 19.0 Å². The van der Waals surface area contributed by atoms with Crippen LogP contribution in [-0.4, -0.2) is 41.3 Å². The molecule has 1 atom stereocenters. The Hall–Kier alpha value is -1.17. The van der Waals surface area contributed by atoms with Crippen LogP contribution >= 0.6 is 11.6 Å². The summed E-state index contributed by atoms with van der Waals surface area (Å²) in [6, 6.07) is 4.39. The molecule has 1 aliphatic rings. The summed E-state index contributed by atoms with van der Waals surface area (Å²) in [5.74, 6) is -1.33. The third-order valence-corrected chi connectivity index (χ3v) is 3.91. The minimum absolute atomic E-state index is 0.0320. The highest BCUT2D eigenvalue weighted by Crippen LogP contribution is 2.35. The molecular weight excluding hydrogens is 285 g/mol. The molecule has 1 heterocycles. The Kier molecular flexibility index (Phi) is 4.32. The van der Waals surface area contributed by atoms with E-state index < -0.39 is 11.6 Å². The predicted octanol–water partition coefficient (Wildman–Crippen LogP) is 2.72.